The predicted octanol–water partition coefficient (Wildman–Crippen LogP) is 3.47. The first-order chi connectivity index (χ1) is 15.4. The van der Waals surface area contributed by atoms with Crippen molar-refractivity contribution in [2.24, 2.45) is 0 Å². The Kier molecular flexibility index (Phi) is 6.22. The van der Waals surface area contributed by atoms with Crippen molar-refractivity contribution in [3.05, 3.63) is 42.7 Å². The van der Waals surface area contributed by atoms with E-state index in [1.807, 2.05) is 6.07 Å². The van der Waals surface area contributed by atoms with E-state index < -0.39 is 0 Å². The average molecular weight is 419 g/mol. The van der Waals surface area contributed by atoms with Gasteiger partial charge >= 0.3 is 0 Å². The number of fused-ring (bicyclic) bond motifs is 1. The Hall–Kier alpha value is -2.77. The van der Waals surface area contributed by atoms with E-state index in [1.165, 1.54) is 24.9 Å². The van der Waals surface area contributed by atoms with Gasteiger partial charge in [0.05, 0.1) is 24.4 Å². The Morgan fingerprint density at radius 1 is 1.06 bits per heavy atom. The van der Waals surface area contributed by atoms with Crippen LogP contribution in [0.15, 0.2) is 42.7 Å². The molecule has 0 saturated carbocycles. The Balaban J connectivity index is 1.36. The fourth-order valence-electron chi connectivity index (χ4n) is 4.44. The summed E-state index contributed by atoms with van der Waals surface area (Å²) in [6, 6.07) is 11.3. The standard InChI is InChI=1S/C24H30N6O/c1-2-9-25-19(3-1)8-10-28-24-23-22(26-11-12-27-23)17-21(29-24)18-4-6-20(7-5-18)30-13-15-31-16-14-30/h4-7,11-12,17,19,25H,1-3,8-10,13-16H2,(H,28,29). The predicted molar refractivity (Wildman–Crippen MR) is 125 cm³/mol. The highest BCUT2D eigenvalue weighted by Gasteiger charge is 2.15. The lowest BCUT2D eigenvalue weighted by Crippen LogP contribution is -2.36. The zero-order chi connectivity index (χ0) is 20.9. The van der Waals surface area contributed by atoms with E-state index in [0.717, 1.165) is 73.9 Å². The average Bonchev–Trinajstić information content (AvgIpc) is 2.85. The van der Waals surface area contributed by atoms with Gasteiger partial charge in [0, 0.05) is 49.3 Å². The lowest BCUT2D eigenvalue weighted by molar-refractivity contribution is 0.122. The fourth-order valence-corrected chi connectivity index (χ4v) is 4.44. The highest BCUT2D eigenvalue weighted by molar-refractivity contribution is 5.88. The van der Waals surface area contributed by atoms with E-state index in [0.29, 0.717) is 6.04 Å². The molecule has 7 nitrogen and oxygen atoms in total. The molecule has 2 saturated heterocycles. The quantitative estimate of drug-likeness (QED) is 0.635. The van der Waals surface area contributed by atoms with E-state index in [1.54, 1.807) is 12.4 Å². The molecule has 1 aromatic carbocycles. The van der Waals surface area contributed by atoms with Crippen LogP contribution >= 0.6 is 0 Å². The molecule has 31 heavy (non-hydrogen) atoms. The van der Waals surface area contributed by atoms with Crippen molar-refractivity contribution >= 4 is 22.5 Å². The van der Waals surface area contributed by atoms with Crippen molar-refractivity contribution < 1.29 is 4.74 Å². The van der Waals surface area contributed by atoms with Crippen LogP contribution in [0, 0.1) is 0 Å². The second-order valence-corrected chi connectivity index (χ2v) is 8.29. The van der Waals surface area contributed by atoms with Gasteiger partial charge in [0.2, 0.25) is 0 Å². The first kappa shape index (κ1) is 20.2. The third-order valence-electron chi connectivity index (χ3n) is 6.19. The number of aromatic nitrogens is 3. The Labute approximate surface area is 183 Å². The monoisotopic (exact) mass is 418 g/mol. The van der Waals surface area contributed by atoms with E-state index in [2.05, 4.69) is 49.8 Å². The molecule has 0 aliphatic carbocycles. The number of rotatable bonds is 6. The van der Waals surface area contributed by atoms with Gasteiger partial charge in [-0.3, -0.25) is 4.98 Å². The number of morpholine rings is 1. The molecule has 0 radical (unpaired) electrons. The van der Waals surface area contributed by atoms with Crippen molar-refractivity contribution in [3.63, 3.8) is 0 Å². The van der Waals surface area contributed by atoms with E-state index in [4.69, 9.17) is 9.72 Å². The molecule has 0 amide bonds. The SMILES string of the molecule is c1cnc2c(NCCC3CCCCN3)nc(-c3ccc(N4CCOCC4)cc3)cc2n1. The maximum atomic E-state index is 5.46. The lowest BCUT2D eigenvalue weighted by Gasteiger charge is -2.28. The molecule has 2 aliphatic rings. The summed E-state index contributed by atoms with van der Waals surface area (Å²) in [5.41, 5.74) is 4.92. The summed E-state index contributed by atoms with van der Waals surface area (Å²) in [6.45, 7) is 5.46. The number of nitrogens with zero attached hydrogens (tertiary/aromatic N) is 4. The van der Waals surface area contributed by atoms with Gasteiger partial charge in [-0.2, -0.15) is 0 Å². The zero-order valence-corrected chi connectivity index (χ0v) is 17.9. The highest BCUT2D eigenvalue weighted by Crippen LogP contribution is 2.27. The minimum atomic E-state index is 0.592. The van der Waals surface area contributed by atoms with Gasteiger partial charge in [-0.05, 0) is 44.0 Å². The number of hydrogen-bond donors (Lipinski definition) is 2. The second kappa shape index (κ2) is 9.58. The van der Waals surface area contributed by atoms with Crippen LogP contribution in [0.4, 0.5) is 11.5 Å². The number of nitrogens with one attached hydrogen (secondary N) is 2. The van der Waals surface area contributed by atoms with Crippen molar-refractivity contribution in [1.82, 2.24) is 20.3 Å². The third-order valence-corrected chi connectivity index (χ3v) is 6.19. The molecule has 162 valence electrons. The summed E-state index contributed by atoms with van der Waals surface area (Å²) < 4.78 is 5.46. The molecule has 1 unspecified atom stereocenters. The molecule has 7 heteroatoms. The van der Waals surface area contributed by atoms with Crippen molar-refractivity contribution in [3.8, 4) is 11.3 Å². The second-order valence-electron chi connectivity index (χ2n) is 8.29. The normalized spacial score (nSPS) is 19.5. The summed E-state index contributed by atoms with van der Waals surface area (Å²) in [7, 11) is 0. The van der Waals surface area contributed by atoms with Gasteiger partial charge in [0.25, 0.3) is 0 Å². The highest BCUT2D eigenvalue weighted by atomic mass is 16.5. The molecule has 1 atom stereocenters. The summed E-state index contributed by atoms with van der Waals surface area (Å²) >= 11 is 0. The van der Waals surface area contributed by atoms with Crippen LogP contribution in [0.2, 0.25) is 0 Å². The number of piperidine rings is 1. The van der Waals surface area contributed by atoms with Crippen molar-refractivity contribution in [2.75, 3.05) is 49.6 Å². The molecule has 5 rings (SSSR count). The Morgan fingerprint density at radius 3 is 2.71 bits per heavy atom. The van der Waals surface area contributed by atoms with Gasteiger partial charge in [0.1, 0.15) is 5.52 Å². The molecule has 0 spiro atoms. The molecule has 0 bridgehead atoms. The van der Waals surface area contributed by atoms with Crippen molar-refractivity contribution in [2.45, 2.75) is 31.7 Å². The molecule has 3 aromatic rings. The van der Waals surface area contributed by atoms with Crippen LogP contribution in [0.5, 0.6) is 0 Å². The van der Waals surface area contributed by atoms with Crippen LogP contribution < -0.4 is 15.5 Å². The number of anilines is 2. The largest absolute Gasteiger partial charge is 0.378 e. The summed E-state index contributed by atoms with van der Waals surface area (Å²) in [6.07, 6.45) is 8.42. The van der Waals surface area contributed by atoms with E-state index in [-0.39, 0.29) is 0 Å². The van der Waals surface area contributed by atoms with E-state index in [9.17, 15) is 0 Å². The Morgan fingerprint density at radius 2 is 1.90 bits per heavy atom. The van der Waals surface area contributed by atoms with Crippen LogP contribution in [-0.2, 0) is 4.74 Å². The van der Waals surface area contributed by atoms with Gasteiger partial charge < -0.3 is 20.3 Å². The first-order valence-electron chi connectivity index (χ1n) is 11.4. The summed E-state index contributed by atoms with van der Waals surface area (Å²) in [4.78, 5) is 16.4. The zero-order valence-electron chi connectivity index (χ0n) is 17.9. The third kappa shape index (κ3) is 4.78. The molecule has 2 aromatic heterocycles. The topological polar surface area (TPSA) is 75.2 Å². The molecular weight excluding hydrogens is 388 g/mol. The van der Waals surface area contributed by atoms with Crippen LogP contribution in [-0.4, -0.2) is 60.4 Å². The minimum absolute atomic E-state index is 0.592. The minimum Gasteiger partial charge on any atom is -0.378 e. The van der Waals surface area contributed by atoms with E-state index >= 15 is 0 Å². The molecule has 2 aliphatic heterocycles. The van der Waals surface area contributed by atoms with Crippen molar-refractivity contribution in [1.29, 1.82) is 0 Å². The van der Waals surface area contributed by atoms with Gasteiger partial charge in [-0.1, -0.05) is 18.6 Å². The maximum absolute atomic E-state index is 5.46. The summed E-state index contributed by atoms with van der Waals surface area (Å²) in [5, 5.41) is 7.14. The molecular formula is C24H30N6O. The lowest BCUT2D eigenvalue weighted by atomic mass is 10.0. The van der Waals surface area contributed by atoms with Crippen LogP contribution in [0.25, 0.3) is 22.3 Å². The number of hydrogen-bond acceptors (Lipinski definition) is 7. The van der Waals surface area contributed by atoms with Gasteiger partial charge in [-0.25, -0.2) is 9.97 Å². The van der Waals surface area contributed by atoms with Gasteiger partial charge in [0.15, 0.2) is 5.82 Å². The molecule has 2 fully saturated rings. The smallest absolute Gasteiger partial charge is 0.154 e. The summed E-state index contributed by atoms with van der Waals surface area (Å²) in [5.74, 6) is 0.814. The molecule has 4 heterocycles. The fraction of sp³-hybridized carbons (Fsp3) is 0.458. The Bertz CT molecular complexity index is 997. The number of benzene rings is 1. The number of ether oxygens (including phenoxy) is 1. The molecule has 2 N–H and O–H groups in total. The van der Waals surface area contributed by atoms with Crippen LogP contribution in [0.1, 0.15) is 25.7 Å². The van der Waals surface area contributed by atoms with Crippen LogP contribution in [0.3, 0.4) is 0 Å². The maximum Gasteiger partial charge on any atom is 0.154 e. The number of pyridine rings is 1. The first-order valence-corrected chi connectivity index (χ1v) is 11.4. The van der Waals surface area contributed by atoms with Gasteiger partial charge in [-0.15, -0.1) is 0 Å².